The van der Waals surface area contributed by atoms with Gasteiger partial charge < -0.3 is 30.5 Å². The van der Waals surface area contributed by atoms with Crippen molar-refractivity contribution in [2.24, 2.45) is 5.92 Å². The van der Waals surface area contributed by atoms with Crippen LogP contribution in [0.1, 0.15) is 46.6 Å². The summed E-state index contributed by atoms with van der Waals surface area (Å²) in [5.74, 6) is -1.78. The Balaban J connectivity index is 2.87. The summed E-state index contributed by atoms with van der Waals surface area (Å²) in [6, 6.07) is 3.87. The molecule has 1 aromatic rings. The Bertz CT molecular complexity index is 730. The molecule has 0 unspecified atom stereocenters. The maximum Gasteiger partial charge on any atom is 0.488 e. The maximum atomic E-state index is 12.7. The normalized spacial score (nSPS) is 13.3. The number of hydrogen-bond acceptors (Lipinski definition) is 6. The number of aliphatic carboxylic acids is 1. The zero-order valence-corrected chi connectivity index (χ0v) is 18.0. The fourth-order valence-electron chi connectivity index (χ4n) is 2.69. The molecule has 0 aliphatic carbocycles. The standard InChI is InChI=1S/C20H31BN2O7/c1-12(2)10-15(23-19(27)30-20(3,4)5)17(24)22-16(18(25)26)11-13-6-8-14(9-7-13)21(28)29/h6-9,12,15-16,28-29H,10-11H2,1-5H3,(H,22,24)(H,23,27)(H,25,26)/t15-,16-/m0/s1. The Morgan fingerprint density at radius 2 is 1.60 bits per heavy atom. The van der Waals surface area contributed by atoms with E-state index in [1.54, 1.807) is 32.9 Å². The first-order chi connectivity index (χ1) is 13.8. The van der Waals surface area contributed by atoms with Crippen LogP contribution in [0.15, 0.2) is 24.3 Å². The lowest BCUT2D eigenvalue weighted by molar-refractivity contribution is -0.142. The molecule has 0 radical (unpaired) electrons. The average Bonchev–Trinajstić information content (AvgIpc) is 2.58. The van der Waals surface area contributed by atoms with Gasteiger partial charge in [0.1, 0.15) is 17.7 Å². The Morgan fingerprint density at radius 3 is 2.03 bits per heavy atom. The minimum absolute atomic E-state index is 0.0102. The first kappa shape index (κ1) is 25.5. The minimum atomic E-state index is -1.62. The average molecular weight is 422 g/mol. The summed E-state index contributed by atoms with van der Waals surface area (Å²) in [6.07, 6.45) is -0.460. The number of carboxylic acids is 1. The molecule has 1 aromatic carbocycles. The SMILES string of the molecule is CC(C)C[C@H](NC(=O)OC(C)(C)C)C(=O)N[C@@H](Cc1ccc(B(O)O)cc1)C(=O)O. The van der Waals surface area contributed by atoms with Gasteiger partial charge in [-0.15, -0.1) is 0 Å². The zero-order chi connectivity index (χ0) is 23.1. The van der Waals surface area contributed by atoms with E-state index in [1.165, 1.54) is 12.1 Å². The molecule has 0 saturated carbocycles. The predicted octanol–water partition coefficient (Wildman–Crippen LogP) is 0.418. The first-order valence-corrected chi connectivity index (χ1v) is 9.76. The van der Waals surface area contributed by atoms with Crippen LogP contribution >= 0.6 is 0 Å². The molecular formula is C20H31BN2O7. The molecule has 0 saturated heterocycles. The molecule has 30 heavy (non-hydrogen) atoms. The van der Waals surface area contributed by atoms with Crippen LogP contribution in [0.2, 0.25) is 0 Å². The highest BCUT2D eigenvalue weighted by Gasteiger charge is 2.29. The molecule has 10 heteroatoms. The third-order valence-corrected chi connectivity index (χ3v) is 4.05. The molecule has 0 aliphatic rings. The number of rotatable bonds is 9. The number of nitrogens with one attached hydrogen (secondary N) is 2. The molecule has 2 amide bonds. The van der Waals surface area contributed by atoms with Crippen LogP contribution in [0, 0.1) is 5.92 Å². The number of hydrogen-bond donors (Lipinski definition) is 5. The van der Waals surface area contributed by atoms with E-state index >= 15 is 0 Å². The molecule has 0 bridgehead atoms. The summed E-state index contributed by atoms with van der Waals surface area (Å²) >= 11 is 0. The van der Waals surface area contributed by atoms with Crippen molar-refractivity contribution in [1.82, 2.24) is 10.6 Å². The Labute approximate surface area is 177 Å². The second-order valence-electron chi connectivity index (χ2n) is 8.55. The molecule has 1 rings (SSSR count). The Morgan fingerprint density at radius 1 is 1.03 bits per heavy atom. The van der Waals surface area contributed by atoms with Gasteiger partial charge in [0.2, 0.25) is 5.91 Å². The quantitative estimate of drug-likeness (QED) is 0.363. The molecule has 9 nitrogen and oxygen atoms in total. The highest BCUT2D eigenvalue weighted by molar-refractivity contribution is 6.58. The number of amides is 2. The van der Waals surface area contributed by atoms with Crippen LogP contribution in [0.5, 0.6) is 0 Å². The summed E-state index contributed by atoms with van der Waals surface area (Å²) in [7, 11) is -1.62. The van der Waals surface area contributed by atoms with E-state index in [4.69, 9.17) is 14.8 Å². The topological polar surface area (TPSA) is 145 Å². The monoisotopic (exact) mass is 422 g/mol. The van der Waals surface area contributed by atoms with E-state index in [9.17, 15) is 19.5 Å². The molecular weight excluding hydrogens is 391 g/mol. The van der Waals surface area contributed by atoms with Crippen LogP contribution in [0.3, 0.4) is 0 Å². The first-order valence-electron chi connectivity index (χ1n) is 9.76. The van der Waals surface area contributed by atoms with Crippen molar-refractivity contribution in [2.75, 3.05) is 0 Å². The second-order valence-corrected chi connectivity index (χ2v) is 8.55. The summed E-state index contributed by atoms with van der Waals surface area (Å²) in [6.45, 7) is 8.86. The van der Waals surface area contributed by atoms with Gasteiger partial charge in [0, 0.05) is 6.42 Å². The summed E-state index contributed by atoms with van der Waals surface area (Å²) in [4.78, 5) is 36.5. The molecule has 0 aromatic heterocycles. The van der Waals surface area contributed by atoms with Gasteiger partial charge >= 0.3 is 19.2 Å². The van der Waals surface area contributed by atoms with Gasteiger partial charge in [-0.25, -0.2) is 9.59 Å². The van der Waals surface area contributed by atoms with E-state index in [0.29, 0.717) is 12.0 Å². The number of benzene rings is 1. The van der Waals surface area contributed by atoms with Crippen molar-refractivity contribution in [3.63, 3.8) is 0 Å². The lowest BCUT2D eigenvalue weighted by Crippen LogP contribution is -2.53. The fourth-order valence-corrected chi connectivity index (χ4v) is 2.69. The molecule has 0 heterocycles. The van der Waals surface area contributed by atoms with Crippen molar-refractivity contribution < 1.29 is 34.3 Å². The lowest BCUT2D eigenvalue weighted by atomic mass is 9.80. The third-order valence-electron chi connectivity index (χ3n) is 4.05. The zero-order valence-electron chi connectivity index (χ0n) is 18.0. The van der Waals surface area contributed by atoms with E-state index in [-0.39, 0.29) is 17.8 Å². The molecule has 0 spiro atoms. The highest BCUT2D eigenvalue weighted by atomic mass is 16.6. The van der Waals surface area contributed by atoms with Crippen LogP contribution in [0.4, 0.5) is 4.79 Å². The minimum Gasteiger partial charge on any atom is -0.480 e. The summed E-state index contributed by atoms with van der Waals surface area (Å²) in [5, 5.41) is 32.8. The highest BCUT2D eigenvalue weighted by Crippen LogP contribution is 2.10. The van der Waals surface area contributed by atoms with Crippen molar-refractivity contribution in [3.05, 3.63) is 29.8 Å². The van der Waals surface area contributed by atoms with Gasteiger partial charge in [-0.05, 0) is 44.1 Å². The third kappa shape index (κ3) is 9.28. The molecule has 0 fully saturated rings. The largest absolute Gasteiger partial charge is 0.488 e. The number of carbonyl (C=O) groups is 3. The van der Waals surface area contributed by atoms with Crippen LogP contribution in [-0.4, -0.2) is 57.9 Å². The van der Waals surface area contributed by atoms with Gasteiger partial charge in [-0.1, -0.05) is 38.1 Å². The van der Waals surface area contributed by atoms with Crippen LogP contribution in [-0.2, 0) is 20.7 Å². The van der Waals surface area contributed by atoms with Crippen molar-refractivity contribution >= 4 is 30.6 Å². The van der Waals surface area contributed by atoms with Gasteiger partial charge in [0.25, 0.3) is 0 Å². The van der Waals surface area contributed by atoms with Crippen LogP contribution in [0.25, 0.3) is 0 Å². The summed E-state index contributed by atoms with van der Waals surface area (Å²) < 4.78 is 5.19. The van der Waals surface area contributed by atoms with Crippen molar-refractivity contribution in [2.45, 2.75) is 65.1 Å². The predicted molar refractivity (Wildman–Crippen MR) is 112 cm³/mol. The molecule has 0 aliphatic heterocycles. The molecule has 5 N–H and O–H groups in total. The molecule has 166 valence electrons. The van der Waals surface area contributed by atoms with Gasteiger partial charge in [-0.3, -0.25) is 4.79 Å². The lowest BCUT2D eigenvalue weighted by Gasteiger charge is -2.25. The van der Waals surface area contributed by atoms with E-state index in [1.807, 2.05) is 13.8 Å². The Hall–Kier alpha value is -2.59. The maximum absolute atomic E-state index is 12.7. The number of carbonyl (C=O) groups excluding carboxylic acids is 2. The fraction of sp³-hybridized carbons (Fsp3) is 0.550. The van der Waals surface area contributed by atoms with E-state index in [0.717, 1.165) is 0 Å². The number of alkyl carbamates (subject to hydrolysis) is 1. The number of ether oxygens (including phenoxy) is 1. The van der Waals surface area contributed by atoms with Crippen LogP contribution < -0.4 is 16.1 Å². The van der Waals surface area contributed by atoms with Crippen molar-refractivity contribution in [3.8, 4) is 0 Å². The Kier molecular flexibility index (Phi) is 9.32. The van der Waals surface area contributed by atoms with Gasteiger partial charge in [0.15, 0.2) is 0 Å². The second kappa shape index (κ2) is 11.0. The smallest absolute Gasteiger partial charge is 0.480 e. The van der Waals surface area contributed by atoms with Crippen molar-refractivity contribution in [1.29, 1.82) is 0 Å². The molecule has 2 atom stereocenters. The van der Waals surface area contributed by atoms with Gasteiger partial charge in [-0.2, -0.15) is 0 Å². The number of carboxylic acid groups (broad SMARTS) is 1. The van der Waals surface area contributed by atoms with Gasteiger partial charge in [0.05, 0.1) is 0 Å². The summed E-state index contributed by atoms with van der Waals surface area (Å²) in [5.41, 5.74) is 0.127. The van der Waals surface area contributed by atoms with E-state index in [2.05, 4.69) is 10.6 Å². The van der Waals surface area contributed by atoms with E-state index < -0.39 is 42.8 Å².